The minimum absolute atomic E-state index is 0.0270. The molecule has 0 radical (unpaired) electrons. The summed E-state index contributed by atoms with van der Waals surface area (Å²) in [7, 11) is 0. The summed E-state index contributed by atoms with van der Waals surface area (Å²) >= 11 is 0. The van der Waals surface area contributed by atoms with Gasteiger partial charge in [0, 0.05) is 19.4 Å². The van der Waals surface area contributed by atoms with Crippen molar-refractivity contribution in [1.29, 1.82) is 0 Å². The molecule has 2 rings (SSSR count). The Labute approximate surface area is 261 Å². The van der Waals surface area contributed by atoms with Crippen LogP contribution in [0.25, 0.3) is 0 Å². The molecule has 0 bridgehead atoms. The zero-order chi connectivity index (χ0) is 29.8. The summed E-state index contributed by atoms with van der Waals surface area (Å²) in [4.78, 5) is 0. The molecule has 42 heavy (non-hydrogen) atoms. The molecule has 246 valence electrons. The molecule has 4 heteroatoms. The monoisotopic (exact) mass is 591 g/mol. The fourth-order valence-electron chi connectivity index (χ4n) is 6.07. The lowest BCUT2D eigenvalue weighted by molar-refractivity contribution is -0.185. The Balaban J connectivity index is 1.47. The van der Waals surface area contributed by atoms with Crippen LogP contribution in [0.2, 0.25) is 0 Å². The van der Waals surface area contributed by atoms with E-state index < -0.39 is 0 Å². The van der Waals surface area contributed by atoms with Crippen molar-refractivity contribution in [2.75, 3.05) is 13.2 Å². The Hall–Kier alpha value is -0.840. The predicted octanol–water partition coefficient (Wildman–Crippen LogP) is 12.1. The smallest absolute Gasteiger partial charge is 0.199 e. The van der Waals surface area contributed by atoms with Crippen molar-refractivity contribution >= 4 is 0 Å². The Bertz CT molecular complexity index is 633. The maximum Gasteiger partial charge on any atom is 0.199 e. The topological polar surface area (TPSA) is 36.9 Å². The first-order chi connectivity index (χ1) is 20.8. The molecule has 0 aromatic heterocycles. The molecular weight excluding hydrogens is 520 g/mol. The van der Waals surface area contributed by atoms with E-state index >= 15 is 0 Å². The Morgan fingerprint density at radius 3 is 1.79 bits per heavy atom. The number of unbranched alkanes of at least 4 members (excludes halogenated alkanes) is 16. The third-order valence-electron chi connectivity index (χ3n) is 8.81. The lowest BCUT2D eigenvalue weighted by Crippen LogP contribution is -2.26. The van der Waals surface area contributed by atoms with Crippen molar-refractivity contribution in [3.63, 3.8) is 0 Å². The maximum atomic E-state index is 6.35. The lowest BCUT2D eigenvalue weighted by Gasteiger charge is -2.26. The number of allylic oxidation sites excluding steroid dienone is 4. The quantitative estimate of drug-likeness (QED) is 0.0541. The second-order valence-electron chi connectivity index (χ2n) is 13.0. The van der Waals surface area contributed by atoms with Gasteiger partial charge >= 0.3 is 0 Å². The van der Waals surface area contributed by atoms with E-state index in [9.17, 15) is 0 Å². The highest BCUT2D eigenvalue weighted by molar-refractivity contribution is 4.94. The minimum Gasteiger partial charge on any atom is -0.470 e. The van der Waals surface area contributed by atoms with Crippen LogP contribution >= 0.6 is 0 Å². The predicted molar refractivity (Wildman–Crippen MR) is 179 cm³/mol. The largest absolute Gasteiger partial charge is 0.470 e. The van der Waals surface area contributed by atoms with E-state index in [2.05, 4.69) is 32.1 Å². The highest BCUT2D eigenvalue weighted by Crippen LogP contribution is 2.23. The summed E-state index contributed by atoms with van der Waals surface area (Å²) in [5.41, 5.74) is 0. The van der Waals surface area contributed by atoms with Crippen LogP contribution in [0.15, 0.2) is 24.0 Å². The van der Waals surface area contributed by atoms with Gasteiger partial charge in [-0.3, -0.25) is 0 Å². The molecule has 2 aliphatic heterocycles. The fraction of sp³-hybridized carbons (Fsp3) is 0.895. The van der Waals surface area contributed by atoms with Crippen molar-refractivity contribution in [3.05, 3.63) is 24.0 Å². The second kappa shape index (κ2) is 27.7. The minimum atomic E-state index is -0.0278. The van der Waals surface area contributed by atoms with E-state index in [1.54, 1.807) is 0 Å². The van der Waals surface area contributed by atoms with E-state index in [0.29, 0.717) is 0 Å². The molecule has 4 nitrogen and oxygen atoms in total. The summed E-state index contributed by atoms with van der Waals surface area (Å²) in [6, 6.07) is 0. The Morgan fingerprint density at radius 1 is 0.643 bits per heavy atom. The van der Waals surface area contributed by atoms with Crippen LogP contribution in [0.1, 0.15) is 187 Å². The summed E-state index contributed by atoms with van der Waals surface area (Å²) in [5, 5.41) is 0. The molecule has 0 aromatic carbocycles. The first-order valence-electron chi connectivity index (χ1n) is 18.7. The molecule has 0 saturated carbocycles. The van der Waals surface area contributed by atoms with Crippen LogP contribution in [0.5, 0.6) is 0 Å². The highest BCUT2D eigenvalue weighted by Gasteiger charge is 2.18. The zero-order valence-corrected chi connectivity index (χ0v) is 28.1. The van der Waals surface area contributed by atoms with Crippen molar-refractivity contribution in [3.8, 4) is 0 Å². The van der Waals surface area contributed by atoms with Crippen LogP contribution in [0.3, 0.4) is 0 Å². The molecule has 3 atom stereocenters. The molecule has 0 aliphatic carbocycles. The van der Waals surface area contributed by atoms with E-state index in [1.807, 2.05) is 0 Å². The summed E-state index contributed by atoms with van der Waals surface area (Å²) in [5.74, 6) is 1.17. The molecule has 0 spiro atoms. The maximum absolute atomic E-state index is 6.35. The number of ether oxygens (including phenoxy) is 4. The number of rotatable bonds is 27. The fourth-order valence-corrected chi connectivity index (χ4v) is 6.07. The van der Waals surface area contributed by atoms with Crippen molar-refractivity contribution in [2.45, 2.75) is 206 Å². The summed E-state index contributed by atoms with van der Waals surface area (Å²) in [6.45, 7) is 6.18. The molecule has 2 heterocycles. The zero-order valence-electron chi connectivity index (χ0n) is 28.1. The van der Waals surface area contributed by atoms with Crippen LogP contribution in [0, 0.1) is 0 Å². The molecule has 0 amide bonds. The molecule has 3 unspecified atom stereocenters. The van der Waals surface area contributed by atoms with Crippen LogP contribution in [0.4, 0.5) is 0 Å². The molecule has 2 aliphatic rings. The van der Waals surface area contributed by atoms with E-state index in [1.165, 1.54) is 147 Å². The van der Waals surface area contributed by atoms with Crippen LogP contribution in [-0.4, -0.2) is 31.9 Å². The molecular formula is C38H70O4. The van der Waals surface area contributed by atoms with Crippen molar-refractivity contribution < 1.29 is 18.9 Å². The average Bonchev–Trinajstić information content (AvgIpc) is 3.01. The van der Waals surface area contributed by atoms with Gasteiger partial charge in [0.15, 0.2) is 12.6 Å². The first kappa shape index (κ1) is 37.3. The average molecular weight is 591 g/mol. The van der Waals surface area contributed by atoms with Gasteiger partial charge in [-0.2, -0.15) is 0 Å². The molecule has 0 aromatic rings. The van der Waals surface area contributed by atoms with Gasteiger partial charge < -0.3 is 18.9 Å². The molecule has 2 saturated heterocycles. The van der Waals surface area contributed by atoms with Crippen LogP contribution in [-0.2, 0) is 18.9 Å². The normalized spacial score (nSPS) is 20.8. The second-order valence-corrected chi connectivity index (χ2v) is 13.0. The van der Waals surface area contributed by atoms with Gasteiger partial charge in [-0.25, -0.2) is 0 Å². The van der Waals surface area contributed by atoms with Gasteiger partial charge in [0.25, 0.3) is 0 Å². The van der Waals surface area contributed by atoms with Gasteiger partial charge in [-0.1, -0.05) is 96.1 Å². The van der Waals surface area contributed by atoms with Gasteiger partial charge in [-0.05, 0) is 96.5 Å². The third-order valence-corrected chi connectivity index (χ3v) is 8.81. The first-order valence-corrected chi connectivity index (χ1v) is 18.7. The van der Waals surface area contributed by atoms with Gasteiger partial charge in [-0.15, -0.1) is 0 Å². The van der Waals surface area contributed by atoms with Crippen molar-refractivity contribution in [2.24, 2.45) is 0 Å². The van der Waals surface area contributed by atoms with Gasteiger partial charge in [0.2, 0.25) is 0 Å². The van der Waals surface area contributed by atoms with Crippen LogP contribution < -0.4 is 0 Å². The van der Waals surface area contributed by atoms with E-state index in [4.69, 9.17) is 18.9 Å². The van der Waals surface area contributed by atoms with Crippen molar-refractivity contribution in [1.82, 2.24) is 0 Å². The Morgan fingerprint density at radius 2 is 1.19 bits per heavy atom. The Kier molecular flexibility index (Phi) is 24.6. The third kappa shape index (κ3) is 21.8. The highest BCUT2D eigenvalue weighted by atomic mass is 16.7. The van der Waals surface area contributed by atoms with Gasteiger partial charge in [0.1, 0.15) is 0 Å². The number of hydrogen-bond donors (Lipinski definition) is 0. The van der Waals surface area contributed by atoms with E-state index in [0.717, 1.165) is 45.3 Å². The number of hydrogen-bond acceptors (Lipinski definition) is 4. The van der Waals surface area contributed by atoms with E-state index in [-0.39, 0.29) is 18.7 Å². The lowest BCUT2D eigenvalue weighted by atomic mass is 10.1. The van der Waals surface area contributed by atoms with Gasteiger partial charge in [0.05, 0.1) is 18.5 Å². The molecule has 0 N–H and O–H groups in total. The summed E-state index contributed by atoms with van der Waals surface area (Å²) in [6.07, 6.45) is 41.8. The summed E-state index contributed by atoms with van der Waals surface area (Å²) < 4.78 is 24.0. The SMILES string of the molecule is CCCCCCCC=CCCCCCCCCCCC=C(CCCCCC(C)OC1CCCCO1)OC1CCCCO1. The molecule has 2 fully saturated rings. The standard InChI is InChI=1S/C38H70O4/c1-3-4-5-6-7-8-9-10-11-12-13-14-15-16-17-18-19-22-29-36(42-38-32-25-27-34-40-38)30-23-20-21-28-35(2)41-37-31-24-26-33-39-37/h9-10,29,35,37-38H,3-8,11-28,30-34H2,1-2H3.